The van der Waals surface area contributed by atoms with Crippen molar-refractivity contribution >= 4 is 11.9 Å². The minimum Gasteiger partial charge on any atom is -0.497 e. The summed E-state index contributed by atoms with van der Waals surface area (Å²) in [6, 6.07) is 6.43. The number of nitrogens with zero attached hydrogens (tertiary/aromatic N) is 1. The summed E-state index contributed by atoms with van der Waals surface area (Å²) in [5, 5.41) is 12.8. The summed E-state index contributed by atoms with van der Waals surface area (Å²) in [6.45, 7) is 5.29. The molecule has 7 heteroatoms. The number of nitrogens with one attached hydrogen (secondary N) is 1. The number of imide groups is 1. The fourth-order valence-electron chi connectivity index (χ4n) is 2.40. The number of β-amino-alcohol motifs (C(OH)–C–C–N with tert-alkyl or cyclic N) is 1. The van der Waals surface area contributed by atoms with E-state index >= 15 is 0 Å². The molecule has 0 aromatic heterocycles. The maximum atomic E-state index is 12.4. The normalized spacial score (nSPS) is 21.8. The average molecular weight is 336 g/mol. The van der Waals surface area contributed by atoms with Gasteiger partial charge in [0.1, 0.15) is 29.7 Å². The van der Waals surface area contributed by atoms with Gasteiger partial charge in [-0.2, -0.15) is 0 Å². The molecule has 1 heterocycles. The first-order chi connectivity index (χ1) is 11.3. The molecule has 2 rings (SSSR count). The number of ether oxygens (including phenoxy) is 2. The Hall–Kier alpha value is -2.28. The van der Waals surface area contributed by atoms with Crippen molar-refractivity contribution in [3.8, 4) is 11.5 Å². The van der Waals surface area contributed by atoms with Crippen LogP contribution in [0.1, 0.15) is 20.8 Å². The lowest BCUT2D eigenvalue weighted by molar-refractivity contribution is -0.133. The summed E-state index contributed by atoms with van der Waals surface area (Å²) in [7, 11) is 1.57. The second-order valence-electron chi connectivity index (χ2n) is 6.34. The Morgan fingerprint density at radius 3 is 2.29 bits per heavy atom. The Balaban J connectivity index is 1.91. The molecule has 2 unspecified atom stereocenters. The third-order valence-electron chi connectivity index (χ3n) is 4.35. The molecule has 1 saturated heterocycles. The minimum absolute atomic E-state index is 0.0260. The zero-order valence-corrected chi connectivity index (χ0v) is 14.4. The summed E-state index contributed by atoms with van der Waals surface area (Å²) in [5.41, 5.74) is -0.937. The smallest absolute Gasteiger partial charge is 0.325 e. The molecule has 24 heavy (non-hydrogen) atoms. The van der Waals surface area contributed by atoms with Crippen LogP contribution in [0.15, 0.2) is 24.3 Å². The topological polar surface area (TPSA) is 88.1 Å². The number of carbonyl (C=O) groups is 2. The molecule has 1 aromatic carbocycles. The zero-order valence-electron chi connectivity index (χ0n) is 14.4. The van der Waals surface area contributed by atoms with Crippen LogP contribution >= 0.6 is 0 Å². The van der Waals surface area contributed by atoms with Gasteiger partial charge in [-0.25, -0.2) is 4.79 Å². The second kappa shape index (κ2) is 7.09. The number of urea groups is 1. The lowest BCUT2D eigenvalue weighted by Gasteiger charge is -2.26. The first kappa shape index (κ1) is 18.1. The van der Waals surface area contributed by atoms with Gasteiger partial charge >= 0.3 is 6.03 Å². The monoisotopic (exact) mass is 336 g/mol. The molecule has 1 aliphatic rings. The highest BCUT2D eigenvalue weighted by Gasteiger charge is 2.49. The molecule has 0 saturated carbocycles. The number of hydrogen-bond acceptors (Lipinski definition) is 5. The molecular formula is C17H24N2O5. The number of benzene rings is 1. The number of amides is 3. The van der Waals surface area contributed by atoms with Crippen molar-refractivity contribution in [2.24, 2.45) is 5.92 Å². The Morgan fingerprint density at radius 2 is 1.79 bits per heavy atom. The summed E-state index contributed by atoms with van der Waals surface area (Å²) >= 11 is 0. The van der Waals surface area contributed by atoms with E-state index in [0.717, 1.165) is 4.90 Å². The predicted molar refractivity (Wildman–Crippen MR) is 88.0 cm³/mol. The molecule has 0 spiro atoms. The second-order valence-corrected chi connectivity index (χ2v) is 6.34. The van der Waals surface area contributed by atoms with Crippen LogP contribution < -0.4 is 14.8 Å². The van der Waals surface area contributed by atoms with Crippen LogP contribution in [0.4, 0.5) is 4.79 Å². The van der Waals surface area contributed by atoms with E-state index in [1.165, 1.54) is 0 Å². The van der Waals surface area contributed by atoms with Gasteiger partial charge in [-0.1, -0.05) is 13.8 Å². The number of aliphatic hydroxyl groups is 1. The molecule has 7 nitrogen and oxygen atoms in total. The SMILES string of the molecule is COc1ccc(OCC(O)CN2C(=O)NC(C)(C(C)C)C2=O)cc1. The molecule has 1 aromatic rings. The van der Waals surface area contributed by atoms with Crippen molar-refractivity contribution in [1.82, 2.24) is 10.2 Å². The van der Waals surface area contributed by atoms with E-state index in [0.29, 0.717) is 11.5 Å². The molecular weight excluding hydrogens is 312 g/mol. The highest BCUT2D eigenvalue weighted by molar-refractivity contribution is 6.06. The highest BCUT2D eigenvalue weighted by atomic mass is 16.5. The first-order valence-corrected chi connectivity index (χ1v) is 7.87. The van der Waals surface area contributed by atoms with Crippen LogP contribution in [0, 0.1) is 5.92 Å². The molecule has 0 radical (unpaired) electrons. The van der Waals surface area contributed by atoms with E-state index in [4.69, 9.17) is 9.47 Å². The van der Waals surface area contributed by atoms with Gasteiger partial charge in [-0.05, 0) is 37.1 Å². The number of carbonyl (C=O) groups excluding carboxylic acids is 2. The third kappa shape index (κ3) is 3.62. The van der Waals surface area contributed by atoms with Crippen molar-refractivity contribution < 1.29 is 24.2 Å². The van der Waals surface area contributed by atoms with Crippen LogP contribution in [-0.2, 0) is 4.79 Å². The fourth-order valence-corrected chi connectivity index (χ4v) is 2.40. The maximum absolute atomic E-state index is 12.4. The molecule has 1 aliphatic heterocycles. The van der Waals surface area contributed by atoms with Crippen molar-refractivity contribution in [3.63, 3.8) is 0 Å². The van der Waals surface area contributed by atoms with E-state index < -0.39 is 17.7 Å². The number of aliphatic hydroxyl groups excluding tert-OH is 1. The predicted octanol–water partition coefficient (Wildman–Crippen LogP) is 1.40. The quantitative estimate of drug-likeness (QED) is 0.735. The number of methoxy groups -OCH3 is 1. The molecule has 0 aliphatic carbocycles. The van der Waals surface area contributed by atoms with Crippen molar-refractivity contribution in [2.45, 2.75) is 32.4 Å². The van der Waals surface area contributed by atoms with Gasteiger partial charge in [0.05, 0.1) is 13.7 Å². The van der Waals surface area contributed by atoms with Gasteiger partial charge in [-0.3, -0.25) is 9.69 Å². The van der Waals surface area contributed by atoms with Crippen LogP contribution in [0.25, 0.3) is 0 Å². The van der Waals surface area contributed by atoms with Gasteiger partial charge < -0.3 is 19.9 Å². The summed E-state index contributed by atoms with van der Waals surface area (Å²) in [6.07, 6.45) is -0.976. The number of rotatable bonds is 7. The van der Waals surface area contributed by atoms with Crippen LogP contribution in [0.3, 0.4) is 0 Å². The summed E-state index contributed by atoms with van der Waals surface area (Å²) in [4.78, 5) is 25.5. The Bertz CT molecular complexity index is 602. The van der Waals surface area contributed by atoms with Crippen molar-refractivity contribution in [3.05, 3.63) is 24.3 Å². The summed E-state index contributed by atoms with van der Waals surface area (Å²) < 4.78 is 10.5. The van der Waals surface area contributed by atoms with Gasteiger partial charge in [0.2, 0.25) is 0 Å². The molecule has 3 amide bonds. The maximum Gasteiger partial charge on any atom is 0.325 e. The Kier molecular flexibility index (Phi) is 5.33. The van der Waals surface area contributed by atoms with Gasteiger partial charge in [0.25, 0.3) is 5.91 Å². The zero-order chi connectivity index (χ0) is 17.9. The third-order valence-corrected chi connectivity index (χ3v) is 4.35. The van der Waals surface area contributed by atoms with Crippen LogP contribution in [-0.4, -0.2) is 53.8 Å². The molecule has 2 N–H and O–H groups in total. The van der Waals surface area contributed by atoms with Crippen molar-refractivity contribution in [1.29, 1.82) is 0 Å². The van der Waals surface area contributed by atoms with Crippen LogP contribution in [0.5, 0.6) is 11.5 Å². The average Bonchev–Trinajstić information content (AvgIpc) is 2.78. The van der Waals surface area contributed by atoms with E-state index in [1.54, 1.807) is 38.3 Å². The molecule has 1 fully saturated rings. The Labute approximate surface area is 141 Å². The van der Waals surface area contributed by atoms with Gasteiger partial charge in [-0.15, -0.1) is 0 Å². The minimum atomic E-state index is -0.976. The van der Waals surface area contributed by atoms with Crippen LogP contribution in [0.2, 0.25) is 0 Å². The fraction of sp³-hybridized carbons (Fsp3) is 0.529. The highest BCUT2D eigenvalue weighted by Crippen LogP contribution is 2.25. The standard InChI is InChI=1S/C17H24N2O5/c1-11(2)17(3)15(21)19(16(22)18-17)9-12(20)10-24-14-7-5-13(23-4)6-8-14/h5-8,11-12,20H,9-10H2,1-4H3,(H,18,22). The lowest BCUT2D eigenvalue weighted by atomic mass is 9.88. The molecule has 132 valence electrons. The largest absolute Gasteiger partial charge is 0.497 e. The first-order valence-electron chi connectivity index (χ1n) is 7.87. The van der Waals surface area contributed by atoms with E-state index in [1.807, 2.05) is 13.8 Å². The summed E-state index contributed by atoms with van der Waals surface area (Å²) in [5.74, 6) is 0.895. The lowest BCUT2D eigenvalue weighted by Crippen LogP contribution is -2.49. The molecule has 0 bridgehead atoms. The number of hydrogen-bond donors (Lipinski definition) is 2. The van der Waals surface area contributed by atoms with E-state index in [9.17, 15) is 14.7 Å². The molecule has 2 atom stereocenters. The van der Waals surface area contributed by atoms with Gasteiger partial charge in [0.15, 0.2) is 0 Å². The van der Waals surface area contributed by atoms with E-state index in [2.05, 4.69) is 5.32 Å². The van der Waals surface area contributed by atoms with Crippen molar-refractivity contribution in [2.75, 3.05) is 20.3 Å². The van der Waals surface area contributed by atoms with E-state index in [-0.39, 0.29) is 25.0 Å². The Morgan fingerprint density at radius 1 is 1.21 bits per heavy atom. The van der Waals surface area contributed by atoms with Gasteiger partial charge in [0, 0.05) is 0 Å².